The average Bonchev–Trinajstić information content (AvgIpc) is 3.17. The lowest BCUT2D eigenvalue weighted by Gasteiger charge is -2.19. The molecule has 0 amide bonds. The quantitative estimate of drug-likeness (QED) is 0.156. The summed E-state index contributed by atoms with van der Waals surface area (Å²) in [6.07, 6.45) is -0.712. The summed E-state index contributed by atoms with van der Waals surface area (Å²) < 4.78 is 16.4. The van der Waals surface area contributed by atoms with Gasteiger partial charge in [0.2, 0.25) is 0 Å². The maximum atomic E-state index is 11.8. The van der Waals surface area contributed by atoms with E-state index in [9.17, 15) is 4.79 Å². The monoisotopic (exact) mass is 484 g/mol. The third-order valence-corrected chi connectivity index (χ3v) is 8.15. The highest BCUT2D eigenvalue weighted by Gasteiger charge is 2.26. The molecular formula is C30H28O4S. The minimum absolute atomic E-state index is 0.423. The Labute approximate surface area is 208 Å². The first-order chi connectivity index (χ1) is 16.9. The Hall–Kier alpha value is -3.70. The highest BCUT2D eigenvalue weighted by atomic mass is 32.2. The fraction of sp³-hybridized carbons (Fsp3) is 0.167. The van der Waals surface area contributed by atoms with E-state index in [1.807, 2.05) is 24.3 Å². The highest BCUT2D eigenvalue weighted by Crippen LogP contribution is 2.62. The van der Waals surface area contributed by atoms with E-state index >= 15 is 0 Å². The molecule has 5 rings (SSSR count). The first-order valence-corrected chi connectivity index (χ1v) is 12.9. The molecule has 0 saturated heterocycles. The number of carbonyl (C=O) groups is 1. The second kappa shape index (κ2) is 9.51. The second-order valence-electron chi connectivity index (χ2n) is 9.36. The number of hydrogen-bond acceptors (Lipinski definition) is 4. The largest absolute Gasteiger partial charge is 0.514 e. The lowest BCUT2D eigenvalue weighted by molar-refractivity contribution is 0.0206. The SMILES string of the molecule is CC(C)(C)OC(=O)Oc1ccc(COc2ccc([SH]3c4ccccc4-c4ccccc43)cc2)cc1. The van der Waals surface area contributed by atoms with Gasteiger partial charge in [-0.3, -0.25) is 0 Å². The molecular weight excluding hydrogens is 456 g/mol. The first kappa shape index (κ1) is 23.1. The van der Waals surface area contributed by atoms with Gasteiger partial charge in [-0.2, -0.15) is 10.9 Å². The molecule has 35 heavy (non-hydrogen) atoms. The number of ether oxygens (including phenoxy) is 3. The fourth-order valence-corrected chi connectivity index (χ4v) is 6.68. The highest BCUT2D eigenvalue weighted by molar-refractivity contribution is 8.17. The molecule has 178 valence electrons. The Morgan fingerprint density at radius 2 is 1.26 bits per heavy atom. The standard InChI is InChI=1S/C30H28O4S/c1-30(2,3)34-29(31)33-23-14-12-21(13-15-23)20-32-22-16-18-24(19-17-22)35-27-10-6-4-8-25(27)26-9-5-7-11-28(26)35/h4-19,35H,20H2,1-3H3. The molecule has 4 aromatic carbocycles. The van der Waals surface area contributed by atoms with Crippen LogP contribution in [0.5, 0.6) is 11.5 Å². The first-order valence-electron chi connectivity index (χ1n) is 11.6. The number of fused-ring (bicyclic) bond motifs is 3. The topological polar surface area (TPSA) is 44.8 Å². The third kappa shape index (κ3) is 5.20. The number of rotatable bonds is 5. The van der Waals surface area contributed by atoms with Crippen LogP contribution in [0.1, 0.15) is 26.3 Å². The van der Waals surface area contributed by atoms with Gasteiger partial charge in [0.05, 0.1) is 0 Å². The minimum Gasteiger partial charge on any atom is -0.489 e. The fourth-order valence-electron chi connectivity index (χ4n) is 4.08. The van der Waals surface area contributed by atoms with Gasteiger partial charge >= 0.3 is 6.16 Å². The van der Waals surface area contributed by atoms with Crippen molar-refractivity contribution >= 4 is 17.1 Å². The maximum absolute atomic E-state index is 11.8. The minimum atomic E-state index is -0.712. The molecule has 0 bridgehead atoms. The van der Waals surface area contributed by atoms with E-state index in [1.54, 1.807) is 32.9 Å². The van der Waals surface area contributed by atoms with Gasteiger partial charge in [0.15, 0.2) is 0 Å². The van der Waals surface area contributed by atoms with Crippen LogP contribution >= 0.6 is 10.9 Å². The van der Waals surface area contributed by atoms with E-state index in [1.165, 1.54) is 25.8 Å². The van der Waals surface area contributed by atoms with Gasteiger partial charge in [-0.25, -0.2) is 4.79 Å². The van der Waals surface area contributed by atoms with Crippen molar-refractivity contribution in [3.63, 3.8) is 0 Å². The molecule has 0 atom stereocenters. The van der Waals surface area contributed by atoms with Crippen molar-refractivity contribution in [3.8, 4) is 22.6 Å². The molecule has 0 saturated carbocycles. The molecule has 0 radical (unpaired) electrons. The Morgan fingerprint density at radius 3 is 1.83 bits per heavy atom. The van der Waals surface area contributed by atoms with Gasteiger partial charge in [-0.15, -0.1) is 0 Å². The molecule has 5 heteroatoms. The zero-order chi connectivity index (χ0) is 24.4. The van der Waals surface area contributed by atoms with E-state index in [4.69, 9.17) is 14.2 Å². The van der Waals surface area contributed by atoms with Crippen molar-refractivity contribution < 1.29 is 19.0 Å². The predicted octanol–water partition coefficient (Wildman–Crippen LogP) is 8.04. The van der Waals surface area contributed by atoms with Crippen LogP contribution in [0.2, 0.25) is 0 Å². The van der Waals surface area contributed by atoms with Gasteiger partial charge in [0, 0.05) is 9.79 Å². The van der Waals surface area contributed by atoms with Gasteiger partial charge in [0.1, 0.15) is 23.7 Å². The smallest absolute Gasteiger partial charge is 0.489 e. The van der Waals surface area contributed by atoms with E-state index in [0.29, 0.717) is 12.4 Å². The molecule has 0 fully saturated rings. The summed E-state index contributed by atoms with van der Waals surface area (Å²) in [5.41, 5.74) is 3.07. The molecule has 1 aliphatic rings. The van der Waals surface area contributed by atoms with Crippen LogP contribution in [0.15, 0.2) is 112 Å². The van der Waals surface area contributed by atoms with Gasteiger partial charge < -0.3 is 14.2 Å². The van der Waals surface area contributed by atoms with Gasteiger partial charge in [0.25, 0.3) is 0 Å². The van der Waals surface area contributed by atoms with Crippen molar-refractivity contribution in [3.05, 3.63) is 103 Å². The molecule has 4 aromatic rings. The number of benzene rings is 4. The predicted molar refractivity (Wildman–Crippen MR) is 140 cm³/mol. The normalized spacial score (nSPS) is 13.1. The number of carbonyl (C=O) groups excluding carboxylic acids is 1. The van der Waals surface area contributed by atoms with Crippen molar-refractivity contribution in [2.24, 2.45) is 0 Å². The van der Waals surface area contributed by atoms with Crippen LogP contribution in [0.3, 0.4) is 0 Å². The van der Waals surface area contributed by atoms with Crippen LogP contribution < -0.4 is 9.47 Å². The summed E-state index contributed by atoms with van der Waals surface area (Å²) in [5, 5.41) is 0. The molecule has 4 nitrogen and oxygen atoms in total. The van der Waals surface area contributed by atoms with Gasteiger partial charge in [-0.1, -0.05) is 48.5 Å². The van der Waals surface area contributed by atoms with Crippen molar-refractivity contribution in [1.82, 2.24) is 0 Å². The van der Waals surface area contributed by atoms with E-state index in [-0.39, 0.29) is 0 Å². The Kier molecular flexibility index (Phi) is 6.27. The molecule has 1 heterocycles. The summed E-state index contributed by atoms with van der Waals surface area (Å²) in [4.78, 5) is 15.9. The zero-order valence-corrected chi connectivity index (χ0v) is 20.9. The Bertz CT molecular complexity index is 1290. The molecule has 1 aliphatic heterocycles. The molecule has 0 spiro atoms. The molecule has 0 aliphatic carbocycles. The molecule has 0 N–H and O–H groups in total. The van der Waals surface area contributed by atoms with Crippen molar-refractivity contribution in [2.75, 3.05) is 0 Å². The third-order valence-electron chi connectivity index (χ3n) is 5.59. The number of hydrogen-bond donors (Lipinski definition) is 1. The number of thiol groups is 1. The molecule has 0 aromatic heterocycles. The van der Waals surface area contributed by atoms with Crippen LogP contribution in [0.25, 0.3) is 11.1 Å². The summed E-state index contributed by atoms with van der Waals surface area (Å²) in [7, 11) is -0.565. The van der Waals surface area contributed by atoms with Crippen LogP contribution in [0, 0.1) is 0 Å². The maximum Gasteiger partial charge on any atom is 0.514 e. The average molecular weight is 485 g/mol. The van der Waals surface area contributed by atoms with Crippen LogP contribution in [0.4, 0.5) is 4.79 Å². The van der Waals surface area contributed by atoms with E-state index < -0.39 is 22.7 Å². The zero-order valence-electron chi connectivity index (χ0n) is 20.0. The second-order valence-corrected chi connectivity index (χ2v) is 11.5. The molecule has 0 unspecified atom stereocenters. The van der Waals surface area contributed by atoms with E-state index in [0.717, 1.165) is 11.3 Å². The summed E-state index contributed by atoms with van der Waals surface area (Å²) in [6.45, 7) is 5.82. The Morgan fingerprint density at radius 1 is 0.714 bits per heavy atom. The lowest BCUT2D eigenvalue weighted by Crippen LogP contribution is -2.25. The lowest BCUT2D eigenvalue weighted by atomic mass is 10.1. The summed E-state index contributed by atoms with van der Waals surface area (Å²) in [5.74, 6) is 1.25. The summed E-state index contributed by atoms with van der Waals surface area (Å²) >= 11 is 0. The van der Waals surface area contributed by atoms with Crippen molar-refractivity contribution in [1.29, 1.82) is 0 Å². The summed E-state index contributed by atoms with van der Waals surface area (Å²) in [6, 6.07) is 33.1. The van der Waals surface area contributed by atoms with Gasteiger partial charge in [-0.05, 0) is 90.9 Å². The van der Waals surface area contributed by atoms with E-state index in [2.05, 4.69) is 60.7 Å². The Balaban J connectivity index is 1.24. The van der Waals surface area contributed by atoms with Crippen molar-refractivity contribution in [2.45, 2.75) is 47.7 Å². The van der Waals surface area contributed by atoms with Crippen LogP contribution in [-0.4, -0.2) is 11.8 Å². The van der Waals surface area contributed by atoms with Crippen LogP contribution in [-0.2, 0) is 11.3 Å².